The second-order valence-corrected chi connectivity index (χ2v) is 5.31. The summed E-state index contributed by atoms with van der Waals surface area (Å²) >= 11 is 0. The zero-order chi connectivity index (χ0) is 15.1. The van der Waals surface area contributed by atoms with Crippen LogP contribution in [0.2, 0.25) is 0 Å². The largest absolute Gasteiger partial charge is 0.494 e. The molecule has 0 amide bonds. The van der Waals surface area contributed by atoms with Gasteiger partial charge in [-0.2, -0.15) is 0 Å². The average Bonchev–Trinajstić information content (AvgIpc) is 2.54. The Balaban J connectivity index is 2.03. The van der Waals surface area contributed by atoms with E-state index in [1.54, 1.807) is 0 Å². The molecule has 0 fully saturated rings. The summed E-state index contributed by atoms with van der Waals surface area (Å²) in [6.07, 6.45) is 2.15. The summed E-state index contributed by atoms with van der Waals surface area (Å²) < 4.78 is 5.62. The van der Waals surface area contributed by atoms with Crippen molar-refractivity contribution in [3.63, 3.8) is 0 Å². The molecule has 0 radical (unpaired) electrons. The third-order valence-corrected chi connectivity index (χ3v) is 3.58. The molecule has 2 heteroatoms. The van der Waals surface area contributed by atoms with E-state index < -0.39 is 6.10 Å². The number of benzene rings is 2. The van der Waals surface area contributed by atoms with Gasteiger partial charge >= 0.3 is 0 Å². The first-order chi connectivity index (χ1) is 10.2. The van der Waals surface area contributed by atoms with Crippen LogP contribution < -0.4 is 4.74 Å². The van der Waals surface area contributed by atoms with Crippen molar-refractivity contribution in [2.24, 2.45) is 0 Å². The van der Waals surface area contributed by atoms with E-state index in [4.69, 9.17) is 4.74 Å². The molecule has 2 aromatic rings. The van der Waals surface area contributed by atoms with Gasteiger partial charge in [-0.1, -0.05) is 50.2 Å². The van der Waals surface area contributed by atoms with Gasteiger partial charge in [-0.15, -0.1) is 0 Å². The number of aliphatic hydroxyl groups excluding tert-OH is 1. The van der Waals surface area contributed by atoms with E-state index in [0.29, 0.717) is 13.0 Å². The van der Waals surface area contributed by atoms with Gasteiger partial charge in [-0.05, 0) is 41.7 Å². The molecule has 0 aliphatic carbocycles. The van der Waals surface area contributed by atoms with Crippen molar-refractivity contribution >= 4 is 0 Å². The van der Waals surface area contributed by atoms with Gasteiger partial charge < -0.3 is 9.84 Å². The lowest BCUT2D eigenvalue weighted by Crippen LogP contribution is -2.03. The van der Waals surface area contributed by atoms with Gasteiger partial charge in [0.2, 0.25) is 0 Å². The zero-order valence-electron chi connectivity index (χ0n) is 12.9. The fourth-order valence-corrected chi connectivity index (χ4v) is 2.28. The van der Waals surface area contributed by atoms with E-state index in [-0.39, 0.29) is 0 Å². The molecule has 0 aliphatic heterocycles. The van der Waals surface area contributed by atoms with Crippen molar-refractivity contribution in [2.45, 2.75) is 39.2 Å². The molecule has 21 heavy (non-hydrogen) atoms. The van der Waals surface area contributed by atoms with Crippen LogP contribution in [0.25, 0.3) is 0 Å². The van der Waals surface area contributed by atoms with Crippen LogP contribution in [0.15, 0.2) is 48.5 Å². The normalized spacial score (nSPS) is 12.1. The minimum atomic E-state index is -0.498. The van der Waals surface area contributed by atoms with Crippen LogP contribution >= 0.6 is 0 Å². The van der Waals surface area contributed by atoms with Gasteiger partial charge in [0, 0.05) is 6.42 Å². The Morgan fingerprint density at radius 1 is 1.00 bits per heavy atom. The Bertz CT molecular complexity index is 546. The van der Waals surface area contributed by atoms with Gasteiger partial charge in [0.15, 0.2) is 0 Å². The monoisotopic (exact) mass is 284 g/mol. The molecule has 2 aromatic carbocycles. The molecule has 0 spiro atoms. The molecule has 2 nitrogen and oxygen atoms in total. The Morgan fingerprint density at radius 2 is 1.71 bits per heavy atom. The van der Waals surface area contributed by atoms with E-state index in [1.807, 2.05) is 24.3 Å². The SMILES string of the molecule is CCCOc1cccc(C(O)Cc2ccc(CC)cc2)c1. The van der Waals surface area contributed by atoms with Crippen LogP contribution in [0, 0.1) is 0 Å². The van der Waals surface area contributed by atoms with Gasteiger partial charge in [0.25, 0.3) is 0 Å². The fraction of sp³-hybridized carbons (Fsp3) is 0.368. The maximum absolute atomic E-state index is 10.4. The summed E-state index contributed by atoms with van der Waals surface area (Å²) in [4.78, 5) is 0. The van der Waals surface area contributed by atoms with Crippen molar-refractivity contribution in [3.05, 3.63) is 65.2 Å². The van der Waals surface area contributed by atoms with E-state index in [0.717, 1.165) is 29.7 Å². The summed E-state index contributed by atoms with van der Waals surface area (Å²) in [5.41, 5.74) is 3.38. The second-order valence-electron chi connectivity index (χ2n) is 5.31. The number of hydrogen-bond donors (Lipinski definition) is 1. The molecule has 0 heterocycles. The van der Waals surface area contributed by atoms with Crippen molar-refractivity contribution in [2.75, 3.05) is 6.61 Å². The summed E-state index contributed by atoms with van der Waals surface area (Å²) in [6, 6.07) is 16.2. The Morgan fingerprint density at radius 3 is 2.38 bits per heavy atom. The van der Waals surface area contributed by atoms with E-state index in [9.17, 15) is 5.11 Å². The summed E-state index contributed by atoms with van der Waals surface area (Å²) in [7, 11) is 0. The Kier molecular flexibility index (Phi) is 5.82. The fourth-order valence-electron chi connectivity index (χ4n) is 2.28. The molecule has 112 valence electrons. The first-order valence-electron chi connectivity index (χ1n) is 7.71. The molecule has 2 rings (SSSR count). The summed E-state index contributed by atoms with van der Waals surface area (Å²) in [6.45, 7) is 4.93. The molecule has 0 saturated carbocycles. The molecule has 0 saturated heterocycles. The standard InChI is InChI=1S/C19H24O2/c1-3-12-21-18-7-5-6-17(14-18)19(20)13-16-10-8-15(4-2)9-11-16/h5-11,14,19-20H,3-4,12-13H2,1-2H3. The first kappa shape index (κ1) is 15.6. The van der Waals surface area contributed by atoms with E-state index >= 15 is 0 Å². The zero-order valence-corrected chi connectivity index (χ0v) is 12.9. The van der Waals surface area contributed by atoms with Crippen LogP contribution in [0.3, 0.4) is 0 Å². The van der Waals surface area contributed by atoms with E-state index in [1.165, 1.54) is 5.56 Å². The lowest BCUT2D eigenvalue weighted by Gasteiger charge is -2.13. The number of hydrogen-bond acceptors (Lipinski definition) is 2. The van der Waals surface area contributed by atoms with Crippen LogP contribution in [0.5, 0.6) is 5.75 Å². The van der Waals surface area contributed by atoms with Crippen LogP contribution in [-0.2, 0) is 12.8 Å². The van der Waals surface area contributed by atoms with E-state index in [2.05, 4.69) is 38.1 Å². The molecule has 0 aliphatic rings. The van der Waals surface area contributed by atoms with Crippen molar-refractivity contribution in [3.8, 4) is 5.75 Å². The molecule has 0 bridgehead atoms. The maximum Gasteiger partial charge on any atom is 0.119 e. The van der Waals surface area contributed by atoms with Crippen molar-refractivity contribution in [1.29, 1.82) is 0 Å². The Labute approximate surface area is 127 Å². The number of aryl methyl sites for hydroxylation is 1. The summed E-state index contributed by atoms with van der Waals surface area (Å²) in [5.74, 6) is 0.828. The number of rotatable bonds is 7. The number of aliphatic hydroxyl groups is 1. The van der Waals surface area contributed by atoms with Crippen LogP contribution in [0.4, 0.5) is 0 Å². The molecule has 1 N–H and O–H groups in total. The average molecular weight is 284 g/mol. The predicted molar refractivity (Wildman–Crippen MR) is 86.7 cm³/mol. The Hall–Kier alpha value is -1.80. The third kappa shape index (κ3) is 4.61. The minimum Gasteiger partial charge on any atom is -0.494 e. The number of ether oxygens (including phenoxy) is 1. The van der Waals surface area contributed by atoms with Crippen LogP contribution in [0.1, 0.15) is 43.1 Å². The minimum absolute atomic E-state index is 0.498. The third-order valence-electron chi connectivity index (χ3n) is 3.58. The lowest BCUT2D eigenvalue weighted by molar-refractivity contribution is 0.178. The smallest absolute Gasteiger partial charge is 0.119 e. The van der Waals surface area contributed by atoms with Crippen LogP contribution in [-0.4, -0.2) is 11.7 Å². The highest BCUT2D eigenvalue weighted by molar-refractivity contribution is 5.31. The first-order valence-corrected chi connectivity index (χ1v) is 7.71. The quantitative estimate of drug-likeness (QED) is 0.820. The highest BCUT2D eigenvalue weighted by Gasteiger charge is 2.09. The molecular formula is C19H24O2. The predicted octanol–water partition coefficient (Wildman–Crippen LogP) is 4.31. The van der Waals surface area contributed by atoms with Crippen molar-refractivity contribution < 1.29 is 9.84 Å². The van der Waals surface area contributed by atoms with Gasteiger partial charge in [-0.25, -0.2) is 0 Å². The lowest BCUT2D eigenvalue weighted by atomic mass is 10.00. The van der Waals surface area contributed by atoms with Gasteiger partial charge in [-0.3, -0.25) is 0 Å². The highest BCUT2D eigenvalue weighted by atomic mass is 16.5. The molecule has 1 unspecified atom stereocenters. The second kappa shape index (κ2) is 7.84. The molecule has 0 aromatic heterocycles. The summed E-state index contributed by atoms with van der Waals surface area (Å²) in [5, 5.41) is 10.4. The topological polar surface area (TPSA) is 29.5 Å². The molecular weight excluding hydrogens is 260 g/mol. The van der Waals surface area contributed by atoms with Gasteiger partial charge in [0.05, 0.1) is 12.7 Å². The maximum atomic E-state index is 10.4. The van der Waals surface area contributed by atoms with Gasteiger partial charge in [0.1, 0.15) is 5.75 Å². The molecule has 1 atom stereocenters. The van der Waals surface area contributed by atoms with Crippen molar-refractivity contribution in [1.82, 2.24) is 0 Å². The highest BCUT2D eigenvalue weighted by Crippen LogP contribution is 2.23.